The van der Waals surface area contributed by atoms with Crippen LogP contribution in [0.3, 0.4) is 0 Å². The summed E-state index contributed by atoms with van der Waals surface area (Å²) in [4.78, 5) is 5.97. The number of aliphatic imine (C=N–C) groups is 1. The predicted molar refractivity (Wildman–Crippen MR) is 45.9 cm³/mol. The molecule has 0 aromatic carbocycles. The van der Waals surface area contributed by atoms with Gasteiger partial charge in [0.1, 0.15) is 5.82 Å². The molecule has 0 aliphatic rings. The van der Waals surface area contributed by atoms with Crippen LogP contribution >= 0.6 is 0 Å². The fourth-order valence-corrected chi connectivity index (χ4v) is 0.595. The standard InChI is InChI=1S/C8H14N2/c1-5-8(9-6-2)10(4)7-3/h5-7H,3H2,1-2,4H3/b8-5+,9-6?. The molecule has 0 rings (SSSR count). The Hall–Kier alpha value is -1.05. The van der Waals surface area contributed by atoms with Gasteiger partial charge in [-0.05, 0) is 26.1 Å². The van der Waals surface area contributed by atoms with Gasteiger partial charge in [-0.3, -0.25) is 0 Å². The fraction of sp³-hybridized carbons (Fsp3) is 0.375. The minimum atomic E-state index is 0.914. The smallest absolute Gasteiger partial charge is 0.127 e. The van der Waals surface area contributed by atoms with E-state index in [0.717, 1.165) is 5.82 Å². The fourth-order valence-electron chi connectivity index (χ4n) is 0.595. The minimum Gasteiger partial charge on any atom is -0.337 e. The molecule has 0 heterocycles. The largest absolute Gasteiger partial charge is 0.337 e. The lowest BCUT2D eigenvalue weighted by atomic mass is 10.5. The van der Waals surface area contributed by atoms with Crippen molar-refractivity contribution in [2.45, 2.75) is 13.8 Å². The van der Waals surface area contributed by atoms with Gasteiger partial charge in [-0.1, -0.05) is 6.58 Å². The van der Waals surface area contributed by atoms with E-state index < -0.39 is 0 Å². The molecule has 56 valence electrons. The van der Waals surface area contributed by atoms with Crippen molar-refractivity contribution in [1.82, 2.24) is 4.90 Å². The Bertz CT molecular complexity index is 157. The number of rotatable bonds is 3. The molecule has 0 radical (unpaired) electrons. The van der Waals surface area contributed by atoms with Crippen molar-refractivity contribution in [3.8, 4) is 0 Å². The molecule has 0 N–H and O–H groups in total. The molecule has 2 nitrogen and oxygen atoms in total. The Kier molecular flexibility index (Phi) is 4.29. The number of allylic oxidation sites excluding steroid dienone is 1. The Morgan fingerprint density at radius 3 is 2.40 bits per heavy atom. The van der Waals surface area contributed by atoms with E-state index >= 15 is 0 Å². The summed E-state index contributed by atoms with van der Waals surface area (Å²) in [5, 5.41) is 0. The summed E-state index contributed by atoms with van der Waals surface area (Å²) in [5.74, 6) is 0.914. The van der Waals surface area contributed by atoms with Crippen molar-refractivity contribution < 1.29 is 0 Å². The van der Waals surface area contributed by atoms with Crippen LogP contribution < -0.4 is 0 Å². The predicted octanol–water partition coefficient (Wildman–Crippen LogP) is 2.01. The molecule has 10 heavy (non-hydrogen) atoms. The first-order valence-electron chi connectivity index (χ1n) is 3.26. The molecule has 0 saturated heterocycles. The van der Waals surface area contributed by atoms with Gasteiger partial charge in [-0.2, -0.15) is 0 Å². The van der Waals surface area contributed by atoms with E-state index in [4.69, 9.17) is 0 Å². The van der Waals surface area contributed by atoms with Crippen molar-refractivity contribution in [3.63, 3.8) is 0 Å². The summed E-state index contributed by atoms with van der Waals surface area (Å²) in [6, 6.07) is 0. The monoisotopic (exact) mass is 138 g/mol. The Labute approximate surface area is 62.6 Å². The quantitative estimate of drug-likeness (QED) is 0.545. The molecule has 0 aliphatic heterocycles. The van der Waals surface area contributed by atoms with E-state index in [2.05, 4.69) is 11.6 Å². The third-order valence-electron chi connectivity index (χ3n) is 1.15. The Morgan fingerprint density at radius 2 is 2.10 bits per heavy atom. The normalized spacial score (nSPS) is 12.1. The second kappa shape index (κ2) is 4.79. The molecular weight excluding hydrogens is 124 g/mol. The van der Waals surface area contributed by atoms with Crippen LogP contribution in [0.2, 0.25) is 0 Å². The Morgan fingerprint density at radius 1 is 1.50 bits per heavy atom. The third-order valence-corrected chi connectivity index (χ3v) is 1.15. The second-order valence-electron chi connectivity index (χ2n) is 1.83. The molecule has 0 aromatic rings. The summed E-state index contributed by atoms with van der Waals surface area (Å²) in [7, 11) is 1.91. The zero-order valence-electron chi connectivity index (χ0n) is 6.83. The van der Waals surface area contributed by atoms with E-state index in [0.29, 0.717) is 0 Å². The van der Waals surface area contributed by atoms with E-state index in [1.165, 1.54) is 0 Å². The lowest BCUT2D eigenvalue weighted by Crippen LogP contribution is -2.07. The average Bonchev–Trinajstić information content (AvgIpc) is 1.99. The molecular formula is C8H14N2. The SMILES string of the molecule is C=CN(C)/C(=C/C)N=CC. The lowest BCUT2D eigenvalue weighted by Gasteiger charge is -2.12. The van der Waals surface area contributed by atoms with Gasteiger partial charge >= 0.3 is 0 Å². The highest BCUT2D eigenvalue weighted by molar-refractivity contribution is 5.55. The summed E-state index contributed by atoms with van der Waals surface area (Å²) < 4.78 is 0. The molecule has 2 heteroatoms. The highest BCUT2D eigenvalue weighted by atomic mass is 15.2. The van der Waals surface area contributed by atoms with Crippen molar-refractivity contribution in [1.29, 1.82) is 0 Å². The van der Waals surface area contributed by atoms with Gasteiger partial charge in [0.2, 0.25) is 0 Å². The first kappa shape index (κ1) is 8.95. The average molecular weight is 138 g/mol. The zero-order valence-corrected chi connectivity index (χ0v) is 6.83. The first-order valence-corrected chi connectivity index (χ1v) is 3.26. The van der Waals surface area contributed by atoms with Crippen LogP contribution in [0.4, 0.5) is 0 Å². The number of hydrogen-bond acceptors (Lipinski definition) is 2. The van der Waals surface area contributed by atoms with E-state index in [-0.39, 0.29) is 0 Å². The maximum absolute atomic E-state index is 4.10. The topological polar surface area (TPSA) is 15.6 Å². The Balaban J connectivity index is 4.21. The molecule has 0 spiro atoms. The van der Waals surface area contributed by atoms with Crippen molar-refractivity contribution >= 4 is 6.21 Å². The van der Waals surface area contributed by atoms with Gasteiger partial charge in [0.25, 0.3) is 0 Å². The highest BCUT2D eigenvalue weighted by Gasteiger charge is 1.92. The lowest BCUT2D eigenvalue weighted by molar-refractivity contribution is 0.563. The van der Waals surface area contributed by atoms with Crippen molar-refractivity contribution in [2.75, 3.05) is 7.05 Å². The number of hydrogen-bond donors (Lipinski definition) is 0. The summed E-state index contributed by atoms with van der Waals surface area (Å²) in [5.41, 5.74) is 0. The summed E-state index contributed by atoms with van der Waals surface area (Å²) >= 11 is 0. The van der Waals surface area contributed by atoms with E-state index in [1.807, 2.05) is 31.9 Å². The van der Waals surface area contributed by atoms with Crippen LogP contribution in [0.1, 0.15) is 13.8 Å². The third kappa shape index (κ3) is 2.49. The van der Waals surface area contributed by atoms with Gasteiger partial charge in [-0.15, -0.1) is 0 Å². The van der Waals surface area contributed by atoms with Crippen LogP contribution in [-0.2, 0) is 0 Å². The van der Waals surface area contributed by atoms with Crippen LogP contribution in [0.5, 0.6) is 0 Å². The van der Waals surface area contributed by atoms with Crippen molar-refractivity contribution in [2.24, 2.45) is 4.99 Å². The highest BCUT2D eigenvalue weighted by Crippen LogP contribution is 2.01. The molecule has 0 saturated carbocycles. The van der Waals surface area contributed by atoms with Gasteiger partial charge < -0.3 is 4.90 Å². The van der Waals surface area contributed by atoms with Crippen LogP contribution in [-0.4, -0.2) is 18.2 Å². The molecule has 0 amide bonds. The van der Waals surface area contributed by atoms with E-state index in [1.54, 1.807) is 12.4 Å². The van der Waals surface area contributed by atoms with Crippen molar-refractivity contribution in [3.05, 3.63) is 24.7 Å². The number of nitrogens with zero attached hydrogens (tertiary/aromatic N) is 2. The van der Waals surface area contributed by atoms with Crippen LogP contribution in [0, 0.1) is 0 Å². The van der Waals surface area contributed by atoms with Gasteiger partial charge in [-0.25, -0.2) is 4.99 Å². The van der Waals surface area contributed by atoms with Crippen LogP contribution in [0.15, 0.2) is 29.7 Å². The molecule has 0 aliphatic carbocycles. The van der Waals surface area contributed by atoms with Gasteiger partial charge in [0, 0.05) is 13.3 Å². The van der Waals surface area contributed by atoms with E-state index in [9.17, 15) is 0 Å². The van der Waals surface area contributed by atoms with Gasteiger partial charge in [0.05, 0.1) is 0 Å². The molecule has 0 bridgehead atoms. The zero-order chi connectivity index (χ0) is 7.98. The second-order valence-corrected chi connectivity index (χ2v) is 1.83. The first-order chi connectivity index (χ1) is 4.76. The maximum atomic E-state index is 4.10. The van der Waals surface area contributed by atoms with Crippen LogP contribution in [0.25, 0.3) is 0 Å². The molecule has 0 aromatic heterocycles. The van der Waals surface area contributed by atoms with Gasteiger partial charge in [0.15, 0.2) is 0 Å². The molecule has 0 atom stereocenters. The summed E-state index contributed by atoms with van der Waals surface area (Å²) in [6.07, 6.45) is 5.42. The maximum Gasteiger partial charge on any atom is 0.127 e. The minimum absolute atomic E-state index is 0.914. The summed E-state index contributed by atoms with van der Waals surface area (Å²) in [6.45, 7) is 7.46. The molecule has 0 unspecified atom stereocenters. The molecule has 0 fully saturated rings.